The van der Waals surface area contributed by atoms with Crippen molar-refractivity contribution in [3.8, 4) is 10.7 Å². The number of piperidine rings is 1. The molecule has 27 heavy (non-hydrogen) atoms. The smallest absolute Gasteiger partial charge is 0.323 e. The molecule has 1 aliphatic rings. The third-order valence-electron chi connectivity index (χ3n) is 4.77. The summed E-state index contributed by atoms with van der Waals surface area (Å²) in [5, 5.41) is 17.9. The molecular formula is C18H21N7OS. The molecule has 4 heterocycles. The number of anilines is 1. The molecule has 9 heteroatoms. The zero-order chi connectivity index (χ0) is 18.8. The van der Waals surface area contributed by atoms with Gasteiger partial charge in [0.1, 0.15) is 16.5 Å². The molecule has 1 fully saturated rings. The Morgan fingerprint density at radius 1 is 1.15 bits per heavy atom. The minimum Gasteiger partial charge on any atom is -0.324 e. The maximum atomic E-state index is 12.5. The Hall–Kier alpha value is -2.65. The van der Waals surface area contributed by atoms with Crippen LogP contribution in [0.1, 0.15) is 17.8 Å². The number of likely N-dealkylation sites (tertiary alicyclic amines) is 1. The van der Waals surface area contributed by atoms with E-state index in [-0.39, 0.29) is 6.03 Å². The lowest BCUT2D eigenvalue weighted by Gasteiger charge is -2.31. The molecule has 0 saturated carbocycles. The SMILES string of the molecule is CNC1CCN(C(=O)Nc2cc3cc(-c4nnc(C)s4)ncc3cn2)CC1. The van der Waals surface area contributed by atoms with E-state index in [1.165, 1.54) is 11.3 Å². The maximum absolute atomic E-state index is 12.5. The second-order valence-corrected chi connectivity index (χ2v) is 7.77. The van der Waals surface area contributed by atoms with Gasteiger partial charge in [0, 0.05) is 36.9 Å². The lowest BCUT2D eigenvalue weighted by atomic mass is 10.1. The molecule has 0 atom stereocenters. The van der Waals surface area contributed by atoms with E-state index in [4.69, 9.17) is 0 Å². The van der Waals surface area contributed by atoms with Crippen molar-refractivity contribution in [2.45, 2.75) is 25.8 Å². The van der Waals surface area contributed by atoms with Crippen LogP contribution in [0.2, 0.25) is 0 Å². The third-order valence-corrected chi connectivity index (χ3v) is 5.63. The van der Waals surface area contributed by atoms with Gasteiger partial charge >= 0.3 is 6.03 Å². The van der Waals surface area contributed by atoms with Gasteiger partial charge in [0.05, 0.1) is 0 Å². The Labute approximate surface area is 161 Å². The first-order valence-corrected chi connectivity index (χ1v) is 9.73. The number of nitrogens with one attached hydrogen (secondary N) is 2. The number of carbonyl (C=O) groups excluding carboxylic acids is 1. The van der Waals surface area contributed by atoms with Crippen LogP contribution in [-0.2, 0) is 0 Å². The summed E-state index contributed by atoms with van der Waals surface area (Å²) in [7, 11) is 1.96. The van der Waals surface area contributed by atoms with E-state index >= 15 is 0 Å². The van der Waals surface area contributed by atoms with Crippen LogP contribution in [0.5, 0.6) is 0 Å². The average Bonchev–Trinajstić information content (AvgIpc) is 3.14. The number of hydrogen-bond donors (Lipinski definition) is 2. The number of aromatic nitrogens is 4. The van der Waals surface area contributed by atoms with E-state index < -0.39 is 0 Å². The maximum Gasteiger partial charge on any atom is 0.323 e. The predicted octanol–water partition coefficient (Wildman–Crippen LogP) is 2.67. The molecule has 140 valence electrons. The van der Waals surface area contributed by atoms with Crippen LogP contribution in [-0.4, -0.2) is 57.3 Å². The quantitative estimate of drug-likeness (QED) is 0.722. The van der Waals surface area contributed by atoms with E-state index in [0.717, 1.165) is 52.4 Å². The van der Waals surface area contributed by atoms with Gasteiger partial charge in [-0.25, -0.2) is 9.78 Å². The molecule has 0 aliphatic carbocycles. The lowest BCUT2D eigenvalue weighted by Crippen LogP contribution is -2.45. The Balaban J connectivity index is 1.51. The molecule has 3 aromatic rings. The van der Waals surface area contributed by atoms with E-state index in [1.54, 1.807) is 12.4 Å². The first-order chi connectivity index (χ1) is 13.1. The van der Waals surface area contributed by atoms with Gasteiger partial charge in [-0.2, -0.15) is 0 Å². The van der Waals surface area contributed by atoms with E-state index in [2.05, 4.69) is 30.8 Å². The van der Waals surface area contributed by atoms with Crippen LogP contribution < -0.4 is 10.6 Å². The van der Waals surface area contributed by atoms with Gasteiger partial charge in [0.15, 0.2) is 5.01 Å². The van der Waals surface area contributed by atoms with Gasteiger partial charge in [-0.15, -0.1) is 10.2 Å². The Kier molecular flexibility index (Phi) is 4.95. The predicted molar refractivity (Wildman–Crippen MR) is 106 cm³/mol. The van der Waals surface area contributed by atoms with Crippen LogP contribution in [0.15, 0.2) is 24.5 Å². The van der Waals surface area contributed by atoms with Crippen LogP contribution >= 0.6 is 11.3 Å². The van der Waals surface area contributed by atoms with Crippen molar-refractivity contribution < 1.29 is 4.79 Å². The second kappa shape index (κ2) is 7.53. The molecule has 8 nitrogen and oxygen atoms in total. The highest BCUT2D eigenvalue weighted by atomic mass is 32.1. The summed E-state index contributed by atoms with van der Waals surface area (Å²) < 4.78 is 0. The van der Waals surface area contributed by atoms with Gasteiger partial charge in [-0.05, 0) is 44.3 Å². The minimum absolute atomic E-state index is 0.106. The lowest BCUT2D eigenvalue weighted by molar-refractivity contribution is 0.190. The fourth-order valence-electron chi connectivity index (χ4n) is 3.18. The van der Waals surface area contributed by atoms with Gasteiger partial charge in [-0.1, -0.05) is 11.3 Å². The van der Waals surface area contributed by atoms with Crippen LogP contribution in [0.25, 0.3) is 21.5 Å². The van der Waals surface area contributed by atoms with Crippen molar-refractivity contribution in [2.24, 2.45) is 0 Å². The highest BCUT2D eigenvalue weighted by Crippen LogP contribution is 2.25. The Morgan fingerprint density at radius 3 is 2.63 bits per heavy atom. The number of hydrogen-bond acceptors (Lipinski definition) is 7. The number of carbonyl (C=O) groups is 1. The Morgan fingerprint density at radius 2 is 1.93 bits per heavy atom. The number of amides is 2. The second-order valence-electron chi connectivity index (χ2n) is 6.59. The van der Waals surface area contributed by atoms with Crippen LogP contribution in [0.3, 0.4) is 0 Å². The molecule has 2 amide bonds. The summed E-state index contributed by atoms with van der Waals surface area (Å²) in [6.45, 7) is 3.41. The normalized spacial score (nSPS) is 15.3. The fourth-order valence-corrected chi connectivity index (χ4v) is 3.84. The summed E-state index contributed by atoms with van der Waals surface area (Å²) >= 11 is 1.50. The molecule has 1 saturated heterocycles. The zero-order valence-corrected chi connectivity index (χ0v) is 16.1. The van der Waals surface area contributed by atoms with Gasteiger partial charge in [-0.3, -0.25) is 10.3 Å². The average molecular weight is 383 g/mol. The molecule has 0 unspecified atom stereocenters. The first-order valence-electron chi connectivity index (χ1n) is 8.92. The standard InChI is InChI=1S/C18H21N7OS/c1-11-23-24-17(27-11)15-7-12-8-16(21-10-13(12)9-20-15)22-18(26)25-5-3-14(19-2)4-6-25/h7-10,14,19H,3-6H2,1-2H3,(H,21,22,26). The summed E-state index contributed by atoms with van der Waals surface area (Å²) in [6, 6.07) is 4.20. The van der Waals surface area contributed by atoms with Crippen molar-refractivity contribution in [3.63, 3.8) is 0 Å². The number of nitrogens with zero attached hydrogens (tertiary/aromatic N) is 5. The number of rotatable bonds is 3. The van der Waals surface area contributed by atoms with Crippen molar-refractivity contribution in [2.75, 3.05) is 25.5 Å². The topological polar surface area (TPSA) is 95.9 Å². The van der Waals surface area contributed by atoms with Gasteiger partial charge in [0.2, 0.25) is 0 Å². The molecule has 4 rings (SSSR count). The molecule has 1 aliphatic heterocycles. The minimum atomic E-state index is -0.106. The highest BCUT2D eigenvalue weighted by molar-refractivity contribution is 7.14. The number of pyridine rings is 2. The molecule has 0 spiro atoms. The molecule has 2 N–H and O–H groups in total. The van der Waals surface area contributed by atoms with E-state index in [0.29, 0.717) is 11.9 Å². The molecule has 0 bridgehead atoms. The van der Waals surface area contributed by atoms with Gasteiger partial charge in [0.25, 0.3) is 0 Å². The number of aryl methyl sites for hydroxylation is 1. The molecule has 3 aromatic heterocycles. The summed E-state index contributed by atoms with van der Waals surface area (Å²) in [5.74, 6) is 0.536. The first kappa shape index (κ1) is 17.7. The van der Waals surface area contributed by atoms with Crippen molar-refractivity contribution in [3.05, 3.63) is 29.5 Å². The van der Waals surface area contributed by atoms with Crippen molar-refractivity contribution in [1.82, 2.24) is 30.4 Å². The van der Waals surface area contributed by atoms with E-state index in [9.17, 15) is 4.79 Å². The number of fused-ring (bicyclic) bond motifs is 1. The largest absolute Gasteiger partial charge is 0.324 e. The highest BCUT2D eigenvalue weighted by Gasteiger charge is 2.22. The Bertz CT molecular complexity index is 965. The molecule has 0 aromatic carbocycles. The van der Waals surface area contributed by atoms with Crippen LogP contribution in [0, 0.1) is 6.92 Å². The van der Waals surface area contributed by atoms with Crippen LogP contribution in [0.4, 0.5) is 10.6 Å². The summed E-state index contributed by atoms with van der Waals surface area (Å²) in [6.07, 6.45) is 5.42. The van der Waals surface area contributed by atoms with Gasteiger partial charge < -0.3 is 10.2 Å². The molecular weight excluding hydrogens is 362 g/mol. The fraction of sp³-hybridized carbons (Fsp3) is 0.389. The molecule has 0 radical (unpaired) electrons. The van der Waals surface area contributed by atoms with E-state index in [1.807, 2.05) is 31.0 Å². The third kappa shape index (κ3) is 3.88. The summed E-state index contributed by atoms with van der Waals surface area (Å²) in [5.41, 5.74) is 0.769. The van der Waals surface area contributed by atoms with Crippen molar-refractivity contribution in [1.29, 1.82) is 0 Å². The zero-order valence-electron chi connectivity index (χ0n) is 15.3. The monoisotopic (exact) mass is 383 g/mol. The summed E-state index contributed by atoms with van der Waals surface area (Å²) in [4.78, 5) is 23.1. The van der Waals surface area contributed by atoms with Crippen molar-refractivity contribution >= 4 is 34.0 Å². The number of urea groups is 1.